The zero-order valence-electron chi connectivity index (χ0n) is 24.5. The van der Waals surface area contributed by atoms with E-state index in [4.69, 9.17) is 0 Å². The van der Waals surface area contributed by atoms with Crippen molar-refractivity contribution in [3.05, 3.63) is 40.8 Å². The Labute approximate surface area is 244 Å². The van der Waals surface area contributed by atoms with Crippen molar-refractivity contribution in [2.24, 2.45) is 0 Å². The van der Waals surface area contributed by atoms with E-state index in [2.05, 4.69) is 15.6 Å². The summed E-state index contributed by atoms with van der Waals surface area (Å²) in [6.45, 7) is 10.8. The van der Waals surface area contributed by atoms with E-state index in [0.717, 1.165) is 28.8 Å². The quantitative estimate of drug-likeness (QED) is 0.382. The first-order chi connectivity index (χ1) is 19.0. The van der Waals surface area contributed by atoms with E-state index in [0.29, 0.717) is 25.1 Å². The number of nitrogens with one attached hydrogen (secondary N) is 2. The summed E-state index contributed by atoms with van der Waals surface area (Å²) in [5.41, 5.74) is 2.39. The van der Waals surface area contributed by atoms with Crippen LogP contribution in [-0.2, 0) is 20.9 Å². The van der Waals surface area contributed by atoms with Gasteiger partial charge in [-0.25, -0.2) is 13.8 Å². The molecular weight excluding hydrogens is 554 g/mol. The van der Waals surface area contributed by atoms with Gasteiger partial charge in [0, 0.05) is 23.4 Å². The fourth-order valence-corrected chi connectivity index (χ4v) is 5.47. The van der Waals surface area contributed by atoms with E-state index in [1.807, 2.05) is 60.1 Å². The predicted octanol–water partition coefficient (Wildman–Crippen LogP) is 5.31. The summed E-state index contributed by atoms with van der Waals surface area (Å²) >= 11 is 2.90. The van der Waals surface area contributed by atoms with Crippen molar-refractivity contribution in [3.8, 4) is 10.4 Å². The summed E-state index contributed by atoms with van der Waals surface area (Å²) in [4.78, 5) is 42.5. The lowest BCUT2D eigenvalue weighted by atomic mass is 10.0. The Kier molecular flexibility index (Phi) is 12.7. The van der Waals surface area contributed by atoms with Gasteiger partial charge in [-0.1, -0.05) is 26.0 Å². The fourth-order valence-electron chi connectivity index (χ4n) is 4.24. The molecule has 0 spiro atoms. The molecule has 2 aliphatic rings. The molecule has 1 aliphatic carbocycles. The summed E-state index contributed by atoms with van der Waals surface area (Å²) in [5.74, 6) is -1.19. The first-order valence-electron chi connectivity index (χ1n) is 13.6. The zero-order valence-corrected chi connectivity index (χ0v) is 26.1. The van der Waals surface area contributed by atoms with E-state index in [1.165, 1.54) is 28.0 Å². The molecule has 222 valence electrons. The predicted molar refractivity (Wildman–Crippen MR) is 160 cm³/mol. The topological polar surface area (TPSA) is 91.4 Å². The summed E-state index contributed by atoms with van der Waals surface area (Å²) in [6.07, 6.45) is 4.44. The number of rotatable bonds is 9. The van der Waals surface area contributed by atoms with Crippen molar-refractivity contribution in [2.45, 2.75) is 89.3 Å². The molecule has 2 amide bonds. The normalized spacial score (nSPS) is 18.0. The van der Waals surface area contributed by atoms with Crippen molar-refractivity contribution >= 4 is 41.2 Å². The minimum absolute atomic E-state index is 0.180. The lowest BCUT2D eigenvalue weighted by molar-refractivity contribution is -0.140. The molecule has 40 heavy (non-hydrogen) atoms. The van der Waals surface area contributed by atoms with Crippen LogP contribution in [0.5, 0.6) is 0 Å². The van der Waals surface area contributed by atoms with Gasteiger partial charge in [-0.05, 0) is 71.4 Å². The number of nitrogens with zero attached hydrogens (tertiary/aromatic N) is 2. The van der Waals surface area contributed by atoms with Gasteiger partial charge in [0.1, 0.15) is 18.1 Å². The van der Waals surface area contributed by atoms with E-state index in [9.17, 15) is 23.2 Å². The minimum Gasteiger partial charge on any atom is -0.340 e. The van der Waals surface area contributed by atoms with Gasteiger partial charge in [0.25, 0.3) is 5.91 Å². The molecule has 0 radical (unpaired) electrons. The van der Waals surface area contributed by atoms with Crippen molar-refractivity contribution in [1.29, 1.82) is 0 Å². The number of aromatic nitrogens is 1. The largest absolute Gasteiger partial charge is 0.340 e. The van der Waals surface area contributed by atoms with Crippen LogP contribution in [0, 0.1) is 12.7 Å². The third-order valence-electron chi connectivity index (χ3n) is 6.98. The number of halogens is 2. The highest BCUT2D eigenvalue weighted by molar-refractivity contribution is 8.00. The smallest absolute Gasteiger partial charge is 0.258 e. The maximum atomic E-state index is 13.9. The number of aryl methyl sites for hydroxylation is 1. The lowest BCUT2D eigenvalue weighted by Gasteiger charge is -2.36. The SMILES string of the molecule is CC.CNCc1ccc(-c2scnc2C)c(F)c1.CSC(C)(C)C(NC(=O)C1(F)CC1)C(=O)N1CCCC1C=O. The number of thiazole rings is 1. The van der Waals surface area contributed by atoms with Crippen LogP contribution in [0.25, 0.3) is 10.4 Å². The van der Waals surface area contributed by atoms with Crippen molar-refractivity contribution in [3.63, 3.8) is 0 Å². The molecule has 0 bridgehead atoms. The molecule has 7 nitrogen and oxygen atoms in total. The Balaban J connectivity index is 0.000000275. The number of benzene rings is 1. The summed E-state index contributed by atoms with van der Waals surface area (Å²) in [7, 11) is 1.85. The lowest BCUT2D eigenvalue weighted by Crippen LogP contribution is -2.59. The van der Waals surface area contributed by atoms with Crippen LogP contribution in [0.15, 0.2) is 23.7 Å². The maximum absolute atomic E-state index is 13.9. The molecule has 4 rings (SSSR count). The monoisotopic (exact) mass is 596 g/mol. The number of alkyl halides is 1. The van der Waals surface area contributed by atoms with Crippen molar-refractivity contribution in [1.82, 2.24) is 20.5 Å². The number of thioether (sulfide) groups is 1. The van der Waals surface area contributed by atoms with Gasteiger partial charge in [-0.3, -0.25) is 9.59 Å². The van der Waals surface area contributed by atoms with Crippen LogP contribution in [0.3, 0.4) is 0 Å². The number of aldehydes is 1. The number of likely N-dealkylation sites (tertiary alicyclic amines) is 1. The van der Waals surface area contributed by atoms with Gasteiger partial charge in [0.2, 0.25) is 5.91 Å². The molecule has 2 heterocycles. The van der Waals surface area contributed by atoms with Gasteiger partial charge in [0.05, 0.1) is 22.1 Å². The highest BCUT2D eigenvalue weighted by atomic mass is 32.2. The average Bonchev–Trinajstić information content (AvgIpc) is 3.31. The van der Waals surface area contributed by atoms with Crippen molar-refractivity contribution in [2.75, 3.05) is 19.8 Å². The second kappa shape index (κ2) is 15.0. The van der Waals surface area contributed by atoms with Crippen LogP contribution < -0.4 is 10.6 Å². The highest BCUT2D eigenvalue weighted by Crippen LogP contribution is 2.40. The Hall–Kier alpha value is -2.37. The second-order valence-corrected chi connectivity index (χ2v) is 12.5. The highest BCUT2D eigenvalue weighted by Gasteiger charge is 2.53. The van der Waals surface area contributed by atoms with Gasteiger partial charge in [0.15, 0.2) is 5.67 Å². The maximum Gasteiger partial charge on any atom is 0.258 e. The molecule has 1 aromatic carbocycles. The van der Waals surface area contributed by atoms with Gasteiger partial charge in [-0.15, -0.1) is 11.3 Å². The molecule has 1 aliphatic heterocycles. The van der Waals surface area contributed by atoms with Crippen LogP contribution in [0.1, 0.15) is 64.6 Å². The van der Waals surface area contributed by atoms with E-state index >= 15 is 0 Å². The summed E-state index contributed by atoms with van der Waals surface area (Å²) < 4.78 is 27.2. The number of hydrogen-bond acceptors (Lipinski definition) is 7. The number of hydrogen-bond donors (Lipinski definition) is 2. The van der Waals surface area contributed by atoms with E-state index < -0.39 is 28.4 Å². The third kappa shape index (κ3) is 8.33. The number of carbonyl (C=O) groups excluding carboxylic acids is 3. The average molecular weight is 597 g/mol. The van der Waals surface area contributed by atoms with Crippen LogP contribution in [0.2, 0.25) is 0 Å². The fraction of sp³-hybridized carbons (Fsp3) is 0.586. The Morgan fingerprint density at radius 1 is 1.32 bits per heavy atom. The van der Waals surface area contributed by atoms with Gasteiger partial charge in [-0.2, -0.15) is 11.8 Å². The molecule has 2 fully saturated rings. The summed E-state index contributed by atoms with van der Waals surface area (Å²) in [5, 5.41) is 5.59. The molecule has 2 N–H and O–H groups in total. The molecule has 11 heteroatoms. The molecule has 2 atom stereocenters. The molecule has 1 aromatic heterocycles. The Bertz CT molecular complexity index is 1150. The van der Waals surface area contributed by atoms with Gasteiger partial charge < -0.3 is 20.3 Å². The molecule has 2 aromatic rings. The first-order valence-corrected chi connectivity index (χ1v) is 15.7. The van der Waals surface area contributed by atoms with E-state index in [-0.39, 0.29) is 24.6 Å². The summed E-state index contributed by atoms with van der Waals surface area (Å²) in [6, 6.07) is 4.05. The molecule has 1 saturated carbocycles. The Morgan fingerprint density at radius 2 is 2.00 bits per heavy atom. The third-order valence-corrected chi connectivity index (χ3v) is 9.23. The van der Waals surface area contributed by atoms with Crippen molar-refractivity contribution < 1.29 is 23.2 Å². The standard InChI is InChI=1S/C15H23FN2O3S.C12H13FN2S.C2H6/c1-14(2,22-3)11(17-13(21)15(16)6-7-15)12(20)18-8-4-5-10(18)9-19;1-8-12(16-7-15-8)10-4-3-9(6-14-2)5-11(10)13;1-2/h9-11H,4-8H2,1-3H3,(H,17,21);3-5,7,14H,6H2,1-2H3;1-2H3. The van der Waals surface area contributed by atoms with Crippen LogP contribution in [-0.4, -0.2) is 70.3 Å². The number of carbonyl (C=O) groups is 3. The zero-order chi connectivity index (χ0) is 30.1. The molecule has 1 saturated heterocycles. The molecule has 2 unspecified atom stereocenters. The van der Waals surface area contributed by atoms with E-state index in [1.54, 1.807) is 11.6 Å². The number of amides is 2. The second-order valence-electron chi connectivity index (χ2n) is 10.2. The molecular formula is C29H42F2N4O3S2. The minimum atomic E-state index is -1.82. The van der Waals surface area contributed by atoms with Gasteiger partial charge >= 0.3 is 0 Å². The first kappa shape index (κ1) is 33.8. The van der Waals surface area contributed by atoms with Crippen LogP contribution in [0.4, 0.5) is 8.78 Å². The Morgan fingerprint density at radius 3 is 2.50 bits per heavy atom. The van der Waals surface area contributed by atoms with Crippen LogP contribution >= 0.6 is 23.1 Å².